The third-order valence-electron chi connectivity index (χ3n) is 3.67. The van der Waals surface area contributed by atoms with Crippen LogP contribution in [0.15, 0.2) is 0 Å². The molecule has 0 saturated carbocycles. The van der Waals surface area contributed by atoms with E-state index < -0.39 is 0 Å². The number of ether oxygens (including phenoxy) is 2. The van der Waals surface area contributed by atoms with Crippen molar-refractivity contribution in [3.05, 3.63) is 0 Å². The Kier molecular flexibility index (Phi) is 6.87. The number of hydrogen-bond donors (Lipinski definition) is 1. The van der Waals surface area contributed by atoms with Crippen molar-refractivity contribution in [2.24, 2.45) is 5.92 Å². The lowest BCUT2D eigenvalue weighted by Gasteiger charge is -2.32. The Bertz CT molecular complexity index is 364. The van der Waals surface area contributed by atoms with Crippen LogP contribution in [0.25, 0.3) is 0 Å². The molecule has 0 aromatic carbocycles. The summed E-state index contributed by atoms with van der Waals surface area (Å²) < 4.78 is 10.1. The number of nitrogens with zero attached hydrogens (tertiary/aromatic N) is 1. The molecule has 0 spiro atoms. The van der Waals surface area contributed by atoms with Gasteiger partial charge < -0.3 is 19.7 Å². The third-order valence-corrected chi connectivity index (χ3v) is 4.19. The first-order chi connectivity index (χ1) is 9.54. The fraction of sp³-hybridized carbons (Fsp3) is 0.769. The SMILES string of the molecule is COC(=O)CNC(=S)C(C)C(OC)C1CCCN1C=O. The Morgan fingerprint density at radius 2 is 2.25 bits per heavy atom. The number of hydrogen-bond acceptors (Lipinski definition) is 5. The van der Waals surface area contributed by atoms with E-state index in [0.717, 1.165) is 25.8 Å². The smallest absolute Gasteiger partial charge is 0.325 e. The van der Waals surface area contributed by atoms with E-state index in [9.17, 15) is 9.59 Å². The van der Waals surface area contributed by atoms with Crippen LogP contribution in [-0.4, -0.2) is 61.7 Å². The zero-order chi connectivity index (χ0) is 15.1. The molecule has 1 aliphatic heterocycles. The van der Waals surface area contributed by atoms with Gasteiger partial charge in [-0.15, -0.1) is 0 Å². The number of carbonyl (C=O) groups excluding carboxylic acids is 2. The van der Waals surface area contributed by atoms with Crippen molar-refractivity contribution in [1.82, 2.24) is 10.2 Å². The van der Waals surface area contributed by atoms with Gasteiger partial charge in [-0.1, -0.05) is 19.1 Å². The number of thiocarbonyl (C=S) groups is 1. The number of methoxy groups -OCH3 is 2. The van der Waals surface area contributed by atoms with E-state index in [1.807, 2.05) is 6.92 Å². The molecule has 1 fully saturated rings. The molecule has 6 nitrogen and oxygen atoms in total. The number of rotatable bonds is 7. The van der Waals surface area contributed by atoms with Gasteiger partial charge in [0, 0.05) is 19.6 Å². The fourth-order valence-electron chi connectivity index (χ4n) is 2.53. The molecule has 3 unspecified atom stereocenters. The van der Waals surface area contributed by atoms with Gasteiger partial charge in [-0.3, -0.25) is 9.59 Å². The predicted octanol–water partition coefficient (Wildman–Crippen LogP) is 0.348. The normalized spacial score (nSPS) is 21.1. The van der Waals surface area contributed by atoms with Crippen LogP contribution < -0.4 is 5.32 Å². The number of likely N-dealkylation sites (tertiary alicyclic amines) is 1. The highest BCUT2D eigenvalue weighted by molar-refractivity contribution is 7.80. The van der Waals surface area contributed by atoms with Crippen molar-refractivity contribution >= 4 is 29.6 Å². The van der Waals surface area contributed by atoms with Crippen molar-refractivity contribution in [1.29, 1.82) is 0 Å². The molecule has 0 aromatic rings. The first kappa shape index (κ1) is 16.8. The molecule has 1 heterocycles. The summed E-state index contributed by atoms with van der Waals surface area (Å²) in [6, 6.07) is 0.0328. The van der Waals surface area contributed by atoms with E-state index in [4.69, 9.17) is 17.0 Å². The predicted molar refractivity (Wildman–Crippen MR) is 78.4 cm³/mol. The topological polar surface area (TPSA) is 67.9 Å². The summed E-state index contributed by atoms with van der Waals surface area (Å²) in [5.74, 6) is -0.464. The maximum absolute atomic E-state index is 11.1. The van der Waals surface area contributed by atoms with E-state index in [-0.39, 0.29) is 30.6 Å². The van der Waals surface area contributed by atoms with Crippen LogP contribution in [0.3, 0.4) is 0 Å². The summed E-state index contributed by atoms with van der Waals surface area (Å²) in [6.45, 7) is 2.73. The summed E-state index contributed by atoms with van der Waals surface area (Å²) in [5, 5.41) is 2.87. The van der Waals surface area contributed by atoms with Crippen LogP contribution in [0, 0.1) is 5.92 Å². The van der Waals surface area contributed by atoms with Gasteiger partial charge in [-0.25, -0.2) is 0 Å². The lowest BCUT2D eigenvalue weighted by Crippen LogP contribution is -2.47. The molecule has 3 atom stereocenters. The summed E-state index contributed by atoms with van der Waals surface area (Å²) in [5.41, 5.74) is 0. The minimum absolute atomic E-state index is 0.0328. The zero-order valence-corrected chi connectivity index (χ0v) is 12.9. The van der Waals surface area contributed by atoms with Gasteiger partial charge in [0.1, 0.15) is 6.54 Å². The molecule has 7 heteroatoms. The molecule has 1 amide bonds. The monoisotopic (exact) mass is 302 g/mol. The maximum Gasteiger partial charge on any atom is 0.325 e. The van der Waals surface area contributed by atoms with E-state index in [0.29, 0.717) is 4.99 Å². The van der Waals surface area contributed by atoms with Crippen molar-refractivity contribution in [3.8, 4) is 0 Å². The lowest BCUT2D eigenvalue weighted by atomic mass is 9.95. The van der Waals surface area contributed by atoms with E-state index >= 15 is 0 Å². The number of nitrogens with one attached hydrogen (secondary N) is 1. The third kappa shape index (κ3) is 4.14. The Morgan fingerprint density at radius 3 is 2.80 bits per heavy atom. The van der Waals surface area contributed by atoms with Gasteiger partial charge in [-0.2, -0.15) is 0 Å². The first-order valence-electron chi connectivity index (χ1n) is 6.63. The van der Waals surface area contributed by atoms with Crippen LogP contribution in [0.1, 0.15) is 19.8 Å². The summed E-state index contributed by atoms with van der Waals surface area (Å²) in [7, 11) is 2.94. The Morgan fingerprint density at radius 1 is 1.55 bits per heavy atom. The number of carbonyl (C=O) groups is 2. The number of amides is 1. The summed E-state index contributed by atoms with van der Waals surface area (Å²) >= 11 is 5.29. The van der Waals surface area contributed by atoms with Crippen LogP contribution >= 0.6 is 12.2 Å². The maximum atomic E-state index is 11.1. The zero-order valence-electron chi connectivity index (χ0n) is 12.1. The van der Waals surface area contributed by atoms with Gasteiger partial charge in [0.2, 0.25) is 6.41 Å². The molecule has 0 aromatic heterocycles. The molecular weight excluding hydrogens is 280 g/mol. The minimum atomic E-state index is -0.371. The van der Waals surface area contributed by atoms with E-state index in [2.05, 4.69) is 10.1 Å². The van der Waals surface area contributed by atoms with Crippen molar-refractivity contribution in [3.63, 3.8) is 0 Å². The number of esters is 1. The first-order valence-corrected chi connectivity index (χ1v) is 7.04. The summed E-state index contributed by atoms with van der Waals surface area (Å²) in [6.07, 6.45) is 2.56. The van der Waals surface area contributed by atoms with Crippen LogP contribution in [0.5, 0.6) is 0 Å². The van der Waals surface area contributed by atoms with Crippen molar-refractivity contribution in [2.45, 2.75) is 31.9 Å². The highest BCUT2D eigenvalue weighted by atomic mass is 32.1. The average molecular weight is 302 g/mol. The molecule has 1 aliphatic rings. The second kappa shape index (κ2) is 8.16. The average Bonchev–Trinajstić information content (AvgIpc) is 2.93. The fourth-order valence-corrected chi connectivity index (χ4v) is 2.74. The van der Waals surface area contributed by atoms with Gasteiger partial charge in [0.25, 0.3) is 0 Å². The van der Waals surface area contributed by atoms with Crippen LogP contribution in [-0.2, 0) is 19.1 Å². The quantitative estimate of drug-likeness (QED) is 0.416. The molecular formula is C13H22N2O4S. The minimum Gasteiger partial charge on any atom is -0.468 e. The Balaban J connectivity index is 2.61. The van der Waals surface area contributed by atoms with E-state index in [1.54, 1.807) is 12.0 Å². The second-order valence-corrected chi connectivity index (χ2v) is 5.28. The second-order valence-electron chi connectivity index (χ2n) is 4.84. The highest BCUT2D eigenvalue weighted by Gasteiger charge is 2.35. The lowest BCUT2D eigenvalue weighted by molar-refractivity contribution is -0.139. The molecule has 0 radical (unpaired) electrons. The highest BCUT2D eigenvalue weighted by Crippen LogP contribution is 2.25. The molecule has 1 N–H and O–H groups in total. The molecule has 1 saturated heterocycles. The Labute approximate surface area is 124 Å². The molecule has 0 aliphatic carbocycles. The molecule has 0 bridgehead atoms. The largest absolute Gasteiger partial charge is 0.468 e. The van der Waals surface area contributed by atoms with Gasteiger partial charge in [-0.05, 0) is 12.8 Å². The summed E-state index contributed by atoms with van der Waals surface area (Å²) in [4.78, 5) is 24.4. The molecule has 20 heavy (non-hydrogen) atoms. The van der Waals surface area contributed by atoms with E-state index in [1.165, 1.54) is 7.11 Å². The van der Waals surface area contributed by atoms with Gasteiger partial charge in [0.05, 0.1) is 24.2 Å². The standard InChI is InChI=1S/C13H22N2O4S/c1-9(13(20)14-7-11(17)18-2)12(19-3)10-5-4-6-15(10)8-16/h8-10,12H,4-7H2,1-3H3,(H,14,20). The van der Waals surface area contributed by atoms with Crippen LogP contribution in [0.4, 0.5) is 0 Å². The molecule has 1 rings (SSSR count). The van der Waals surface area contributed by atoms with Crippen molar-refractivity contribution < 1.29 is 19.1 Å². The van der Waals surface area contributed by atoms with Gasteiger partial charge in [0.15, 0.2) is 0 Å². The molecule has 114 valence electrons. The van der Waals surface area contributed by atoms with Crippen LogP contribution in [0.2, 0.25) is 0 Å². The Hall–Kier alpha value is -1.21. The van der Waals surface area contributed by atoms with Gasteiger partial charge >= 0.3 is 5.97 Å². The van der Waals surface area contributed by atoms with Crippen molar-refractivity contribution in [2.75, 3.05) is 27.3 Å².